The fourth-order valence-corrected chi connectivity index (χ4v) is 2.37. The molecule has 0 unspecified atom stereocenters. The molecule has 15 heavy (non-hydrogen) atoms. The van der Waals surface area contributed by atoms with E-state index in [4.69, 9.17) is 0 Å². The fraction of sp³-hybridized carbons (Fsp3) is 0.538. The number of piperidine rings is 1. The molecule has 0 atom stereocenters. The molecule has 0 aliphatic carbocycles. The summed E-state index contributed by atoms with van der Waals surface area (Å²) in [5.41, 5.74) is 1.29. The van der Waals surface area contributed by atoms with Crippen LogP contribution in [0.4, 0.5) is 0 Å². The zero-order valence-corrected chi connectivity index (χ0v) is 10.6. The summed E-state index contributed by atoms with van der Waals surface area (Å²) in [7, 11) is 0. The van der Waals surface area contributed by atoms with Crippen molar-refractivity contribution in [3.63, 3.8) is 0 Å². The minimum atomic E-state index is 0.679. The molecule has 0 radical (unpaired) electrons. The molecule has 84 valence electrons. The lowest BCUT2D eigenvalue weighted by Crippen LogP contribution is -2.28. The fourth-order valence-electron chi connectivity index (χ4n) is 1.83. The van der Waals surface area contributed by atoms with Gasteiger partial charge >= 0.3 is 0 Å². The molecule has 0 amide bonds. The normalized spacial score (nSPS) is 19.7. The summed E-state index contributed by atoms with van der Waals surface area (Å²) in [5, 5.41) is 3.38. The van der Waals surface area contributed by atoms with Crippen LogP contribution >= 0.6 is 11.8 Å². The van der Waals surface area contributed by atoms with Crippen molar-refractivity contribution < 1.29 is 0 Å². The minimum absolute atomic E-state index is 0.679. The highest BCUT2D eigenvalue weighted by Gasteiger charge is 2.14. The van der Waals surface area contributed by atoms with Crippen LogP contribution in [0.15, 0.2) is 35.3 Å². The highest BCUT2D eigenvalue weighted by Crippen LogP contribution is 2.24. The molecule has 1 aliphatic heterocycles. The first-order valence-electron chi connectivity index (χ1n) is 5.55. The Morgan fingerprint density at radius 2 is 2.07 bits per heavy atom. The van der Waals surface area contributed by atoms with Crippen molar-refractivity contribution >= 4 is 11.8 Å². The highest BCUT2D eigenvalue weighted by molar-refractivity contribution is 8.02. The van der Waals surface area contributed by atoms with Crippen molar-refractivity contribution in [3.05, 3.63) is 35.3 Å². The van der Waals surface area contributed by atoms with Gasteiger partial charge in [-0.25, -0.2) is 0 Å². The van der Waals surface area contributed by atoms with Crippen molar-refractivity contribution in [1.82, 2.24) is 5.32 Å². The summed E-state index contributed by atoms with van der Waals surface area (Å²) in [4.78, 5) is 1.31. The Hall–Kier alpha value is -0.470. The molecule has 1 saturated heterocycles. The Bertz CT molecular complexity index is 260. The van der Waals surface area contributed by atoms with Gasteiger partial charge < -0.3 is 5.32 Å². The zero-order chi connectivity index (χ0) is 11.1. The van der Waals surface area contributed by atoms with Gasteiger partial charge in [-0.2, -0.15) is 0 Å². The predicted molar refractivity (Wildman–Crippen MR) is 71.1 cm³/mol. The number of rotatable bonds is 4. The molecule has 0 spiro atoms. The van der Waals surface area contributed by atoms with E-state index < -0.39 is 0 Å². The first-order chi connectivity index (χ1) is 7.27. The molecule has 1 aliphatic rings. The second-order valence-electron chi connectivity index (χ2n) is 3.85. The molecule has 0 bridgehead atoms. The third-order valence-electron chi connectivity index (χ3n) is 2.76. The Morgan fingerprint density at radius 3 is 2.60 bits per heavy atom. The third kappa shape index (κ3) is 4.27. The molecule has 1 fully saturated rings. The first kappa shape index (κ1) is 12.6. The molecule has 0 saturated carbocycles. The van der Waals surface area contributed by atoms with Crippen molar-refractivity contribution in [1.29, 1.82) is 0 Å². The largest absolute Gasteiger partial charge is 0.317 e. The smallest absolute Gasteiger partial charge is 0.00684 e. The van der Waals surface area contributed by atoms with Crippen LogP contribution in [0.25, 0.3) is 0 Å². The van der Waals surface area contributed by atoms with Gasteiger partial charge in [-0.15, -0.1) is 11.8 Å². The summed E-state index contributed by atoms with van der Waals surface area (Å²) in [5.74, 6) is 0.679. The van der Waals surface area contributed by atoms with Crippen LogP contribution in [-0.4, -0.2) is 19.3 Å². The topological polar surface area (TPSA) is 12.0 Å². The van der Waals surface area contributed by atoms with Gasteiger partial charge in [0.1, 0.15) is 0 Å². The van der Waals surface area contributed by atoms with E-state index in [1.165, 1.54) is 23.3 Å². The molecule has 0 aromatic heterocycles. The van der Waals surface area contributed by atoms with E-state index in [0.717, 1.165) is 13.1 Å². The van der Waals surface area contributed by atoms with Gasteiger partial charge in [-0.05, 0) is 51.1 Å². The van der Waals surface area contributed by atoms with Crippen molar-refractivity contribution in [2.45, 2.75) is 19.8 Å². The van der Waals surface area contributed by atoms with Crippen molar-refractivity contribution in [3.8, 4) is 0 Å². The van der Waals surface area contributed by atoms with Crippen LogP contribution in [0.5, 0.6) is 0 Å². The average Bonchev–Trinajstić information content (AvgIpc) is 2.29. The number of hydrogen-bond acceptors (Lipinski definition) is 2. The zero-order valence-electron chi connectivity index (χ0n) is 9.75. The van der Waals surface area contributed by atoms with E-state index in [1.807, 2.05) is 0 Å². The molecule has 0 aromatic carbocycles. The van der Waals surface area contributed by atoms with Crippen molar-refractivity contribution in [2.75, 3.05) is 19.3 Å². The molecule has 1 N–H and O–H groups in total. The van der Waals surface area contributed by atoms with Crippen LogP contribution in [0.2, 0.25) is 0 Å². The van der Waals surface area contributed by atoms with Gasteiger partial charge in [0.2, 0.25) is 0 Å². The summed E-state index contributed by atoms with van der Waals surface area (Å²) < 4.78 is 0. The Morgan fingerprint density at radius 1 is 1.40 bits per heavy atom. The lowest BCUT2D eigenvalue weighted by atomic mass is 9.90. The monoisotopic (exact) mass is 223 g/mol. The number of hydrogen-bond donors (Lipinski definition) is 1. The first-order valence-corrected chi connectivity index (χ1v) is 6.78. The maximum atomic E-state index is 4.20. The predicted octanol–water partition coefficient (Wildman–Crippen LogP) is 3.37. The SMILES string of the molecule is C=C(/C=C(\C=C/C)SC)C1CCNCC1. The van der Waals surface area contributed by atoms with E-state index in [-0.39, 0.29) is 0 Å². The van der Waals surface area contributed by atoms with Crippen LogP contribution in [0, 0.1) is 5.92 Å². The van der Waals surface area contributed by atoms with E-state index in [2.05, 4.69) is 43.3 Å². The molecule has 1 heterocycles. The number of allylic oxidation sites excluding steroid dienone is 4. The van der Waals surface area contributed by atoms with Gasteiger partial charge in [0.05, 0.1) is 0 Å². The van der Waals surface area contributed by atoms with Gasteiger partial charge in [-0.3, -0.25) is 0 Å². The Kier molecular flexibility index (Phi) is 5.81. The summed E-state index contributed by atoms with van der Waals surface area (Å²) in [6.07, 6.45) is 11.0. The van der Waals surface area contributed by atoms with Crippen LogP contribution in [-0.2, 0) is 0 Å². The quantitative estimate of drug-likeness (QED) is 0.733. The standard InChI is InChI=1S/C13H21NS/c1-4-5-13(15-3)10-11(2)12-6-8-14-9-7-12/h4-5,10,12,14H,2,6-9H2,1,3H3/b5-4-,13-10+. The van der Waals surface area contributed by atoms with E-state index in [9.17, 15) is 0 Å². The summed E-state index contributed by atoms with van der Waals surface area (Å²) >= 11 is 1.78. The van der Waals surface area contributed by atoms with Crippen LogP contribution in [0.1, 0.15) is 19.8 Å². The maximum Gasteiger partial charge on any atom is 0.00684 e. The van der Waals surface area contributed by atoms with Crippen LogP contribution < -0.4 is 5.32 Å². The Labute approximate surface area is 97.7 Å². The second kappa shape index (κ2) is 6.91. The molecule has 1 rings (SSSR count). The van der Waals surface area contributed by atoms with Gasteiger partial charge in [0, 0.05) is 4.91 Å². The third-order valence-corrected chi connectivity index (χ3v) is 3.48. The second-order valence-corrected chi connectivity index (χ2v) is 4.73. The minimum Gasteiger partial charge on any atom is -0.317 e. The van der Waals surface area contributed by atoms with Gasteiger partial charge in [0.15, 0.2) is 0 Å². The molecule has 2 heteroatoms. The molecular weight excluding hydrogens is 202 g/mol. The highest BCUT2D eigenvalue weighted by atomic mass is 32.2. The maximum absolute atomic E-state index is 4.20. The van der Waals surface area contributed by atoms with E-state index in [1.54, 1.807) is 11.8 Å². The molecule has 0 aromatic rings. The Balaban J connectivity index is 2.58. The van der Waals surface area contributed by atoms with E-state index in [0.29, 0.717) is 5.92 Å². The molecular formula is C13H21NS. The van der Waals surface area contributed by atoms with E-state index >= 15 is 0 Å². The lowest BCUT2D eigenvalue weighted by Gasteiger charge is -2.23. The summed E-state index contributed by atoms with van der Waals surface area (Å²) in [6, 6.07) is 0. The van der Waals surface area contributed by atoms with Crippen LogP contribution in [0.3, 0.4) is 0 Å². The average molecular weight is 223 g/mol. The number of nitrogens with one attached hydrogen (secondary N) is 1. The van der Waals surface area contributed by atoms with Gasteiger partial charge in [-0.1, -0.05) is 24.3 Å². The number of thioether (sulfide) groups is 1. The van der Waals surface area contributed by atoms with Gasteiger partial charge in [0.25, 0.3) is 0 Å². The lowest BCUT2D eigenvalue weighted by molar-refractivity contribution is 0.426. The van der Waals surface area contributed by atoms with Crippen molar-refractivity contribution in [2.24, 2.45) is 5.92 Å². The molecule has 1 nitrogen and oxygen atoms in total. The summed E-state index contributed by atoms with van der Waals surface area (Å²) in [6.45, 7) is 8.52.